The van der Waals surface area contributed by atoms with E-state index in [-0.39, 0.29) is 5.91 Å². The van der Waals surface area contributed by atoms with Gasteiger partial charge in [-0.25, -0.2) is 4.98 Å². The summed E-state index contributed by atoms with van der Waals surface area (Å²) >= 11 is 0. The lowest BCUT2D eigenvalue weighted by Crippen LogP contribution is -2.28. The molecule has 26 heavy (non-hydrogen) atoms. The maximum Gasteiger partial charge on any atom is 0.251 e. The average Bonchev–Trinajstić information content (AvgIpc) is 3.19. The number of nitrogens with zero attached hydrogens (tertiary/aromatic N) is 4. The van der Waals surface area contributed by atoms with Gasteiger partial charge in [0.2, 0.25) is 0 Å². The highest BCUT2D eigenvalue weighted by atomic mass is 16.5. The van der Waals surface area contributed by atoms with E-state index in [1.807, 2.05) is 19.1 Å². The van der Waals surface area contributed by atoms with Gasteiger partial charge in [-0.15, -0.1) is 10.2 Å². The smallest absolute Gasteiger partial charge is 0.251 e. The molecule has 0 saturated heterocycles. The zero-order valence-corrected chi connectivity index (χ0v) is 14.8. The number of aromatic nitrogens is 4. The van der Waals surface area contributed by atoms with E-state index >= 15 is 0 Å². The summed E-state index contributed by atoms with van der Waals surface area (Å²) in [5.74, 6) is 1.24. The first-order chi connectivity index (χ1) is 12.7. The highest BCUT2D eigenvalue weighted by Gasteiger charge is 2.08. The van der Waals surface area contributed by atoms with Gasteiger partial charge in [-0.1, -0.05) is 13.0 Å². The van der Waals surface area contributed by atoms with Crippen molar-refractivity contribution in [1.82, 2.24) is 25.1 Å². The molecule has 0 bridgehead atoms. The minimum absolute atomic E-state index is 0.177. The lowest BCUT2D eigenvalue weighted by molar-refractivity contribution is 0.0947. The molecule has 7 nitrogen and oxygen atoms in total. The number of benzene rings is 1. The Balaban J connectivity index is 1.53. The topological polar surface area (TPSA) is 81.9 Å². The summed E-state index contributed by atoms with van der Waals surface area (Å²) < 4.78 is 7.39. The van der Waals surface area contributed by atoms with Crippen LogP contribution in [0.5, 0.6) is 5.75 Å². The molecule has 2 aromatic heterocycles. The third kappa shape index (κ3) is 4.44. The number of pyridine rings is 1. The van der Waals surface area contributed by atoms with Crippen LogP contribution in [0.2, 0.25) is 0 Å². The van der Waals surface area contributed by atoms with Crippen LogP contribution in [0.1, 0.15) is 28.4 Å². The fourth-order valence-electron chi connectivity index (χ4n) is 2.57. The molecule has 0 spiro atoms. The van der Waals surface area contributed by atoms with Gasteiger partial charge in [-0.05, 0) is 48.7 Å². The Morgan fingerprint density at radius 3 is 2.77 bits per heavy atom. The van der Waals surface area contributed by atoms with Crippen molar-refractivity contribution in [2.45, 2.75) is 20.3 Å². The molecule has 1 amide bonds. The van der Waals surface area contributed by atoms with Gasteiger partial charge in [0.15, 0.2) is 0 Å². The lowest BCUT2D eigenvalue weighted by Gasteiger charge is -2.10. The summed E-state index contributed by atoms with van der Waals surface area (Å²) in [5.41, 5.74) is 2.93. The summed E-state index contributed by atoms with van der Waals surface area (Å²) in [6.45, 7) is 4.98. The molecule has 1 N–H and O–H groups in total. The molecule has 1 aromatic carbocycles. The number of aryl methyl sites for hydroxylation is 2. The van der Waals surface area contributed by atoms with Crippen LogP contribution < -0.4 is 10.1 Å². The van der Waals surface area contributed by atoms with E-state index in [0.29, 0.717) is 24.5 Å². The molecule has 7 heteroatoms. The monoisotopic (exact) mass is 351 g/mol. The predicted molar refractivity (Wildman–Crippen MR) is 97.5 cm³/mol. The first kappa shape index (κ1) is 17.6. The van der Waals surface area contributed by atoms with Crippen LogP contribution in [-0.2, 0) is 6.42 Å². The third-order valence-electron chi connectivity index (χ3n) is 3.87. The van der Waals surface area contributed by atoms with Gasteiger partial charge in [0.05, 0.1) is 6.54 Å². The number of hydrogen-bond donors (Lipinski definition) is 1. The van der Waals surface area contributed by atoms with Gasteiger partial charge in [-0.2, -0.15) is 0 Å². The number of nitrogens with one attached hydrogen (secondary N) is 1. The van der Waals surface area contributed by atoms with Crippen molar-refractivity contribution in [2.75, 3.05) is 13.2 Å². The number of carbonyl (C=O) groups excluding carboxylic acids is 1. The van der Waals surface area contributed by atoms with Crippen LogP contribution in [0, 0.1) is 6.92 Å². The molecule has 0 saturated carbocycles. The molecule has 2 heterocycles. The standard InChI is InChI=1S/C19H21N5O2/c1-3-15-8-14(2)9-17(10-15)26-7-6-21-19(25)16-4-5-20-18(11-16)24-12-22-23-13-24/h4-5,8-13H,3,6-7H2,1-2H3,(H,21,25). The van der Waals surface area contributed by atoms with E-state index in [4.69, 9.17) is 4.74 Å². The normalized spacial score (nSPS) is 10.5. The number of hydrogen-bond acceptors (Lipinski definition) is 5. The van der Waals surface area contributed by atoms with E-state index in [0.717, 1.165) is 12.2 Å². The Kier molecular flexibility index (Phi) is 5.58. The minimum atomic E-state index is -0.177. The first-order valence-corrected chi connectivity index (χ1v) is 8.48. The van der Waals surface area contributed by atoms with E-state index in [1.165, 1.54) is 23.8 Å². The molecule has 0 radical (unpaired) electrons. The largest absolute Gasteiger partial charge is 0.492 e. The molecule has 3 rings (SSSR count). The molecule has 0 aliphatic rings. The zero-order valence-electron chi connectivity index (χ0n) is 14.8. The van der Waals surface area contributed by atoms with Gasteiger partial charge in [0.1, 0.15) is 30.8 Å². The van der Waals surface area contributed by atoms with Crippen molar-refractivity contribution in [2.24, 2.45) is 0 Å². The van der Waals surface area contributed by atoms with Crippen molar-refractivity contribution < 1.29 is 9.53 Å². The van der Waals surface area contributed by atoms with Crippen molar-refractivity contribution in [3.63, 3.8) is 0 Å². The second-order valence-corrected chi connectivity index (χ2v) is 5.88. The second kappa shape index (κ2) is 8.24. The first-order valence-electron chi connectivity index (χ1n) is 8.48. The highest BCUT2D eigenvalue weighted by Crippen LogP contribution is 2.17. The van der Waals surface area contributed by atoms with E-state index in [1.54, 1.807) is 22.9 Å². The van der Waals surface area contributed by atoms with Crippen molar-refractivity contribution in [1.29, 1.82) is 0 Å². The molecule has 0 fully saturated rings. The Morgan fingerprint density at radius 2 is 2.00 bits per heavy atom. The SMILES string of the molecule is CCc1cc(C)cc(OCCNC(=O)c2ccnc(-n3cnnc3)c2)c1. The molecular formula is C19H21N5O2. The molecule has 0 aliphatic heterocycles. The van der Waals surface area contributed by atoms with Crippen molar-refractivity contribution in [3.8, 4) is 11.6 Å². The van der Waals surface area contributed by atoms with Gasteiger partial charge < -0.3 is 10.1 Å². The van der Waals surface area contributed by atoms with Crippen molar-refractivity contribution in [3.05, 3.63) is 65.9 Å². The summed E-state index contributed by atoms with van der Waals surface area (Å²) in [6.07, 6.45) is 5.61. The maximum atomic E-state index is 12.3. The summed E-state index contributed by atoms with van der Waals surface area (Å²) in [7, 11) is 0. The fraction of sp³-hybridized carbons (Fsp3) is 0.263. The predicted octanol–water partition coefficient (Wildman–Crippen LogP) is 2.34. The number of rotatable bonds is 7. The quantitative estimate of drug-likeness (QED) is 0.661. The molecule has 134 valence electrons. The Hall–Kier alpha value is -3.22. The number of carbonyl (C=O) groups is 1. The lowest BCUT2D eigenvalue weighted by atomic mass is 10.1. The highest BCUT2D eigenvalue weighted by molar-refractivity contribution is 5.94. The molecule has 0 unspecified atom stereocenters. The third-order valence-corrected chi connectivity index (χ3v) is 3.87. The van der Waals surface area contributed by atoms with Crippen LogP contribution in [0.3, 0.4) is 0 Å². The Labute approximate surface area is 152 Å². The molecular weight excluding hydrogens is 330 g/mol. The minimum Gasteiger partial charge on any atom is -0.492 e. The van der Waals surface area contributed by atoms with Crippen LogP contribution in [-0.4, -0.2) is 38.8 Å². The van der Waals surface area contributed by atoms with E-state index in [9.17, 15) is 4.79 Å². The maximum absolute atomic E-state index is 12.3. The van der Waals surface area contributed by atoms with Crippen LogP contribution in [0.4, 0.5) is 0 Å². The molecule has 0 aliphatic carbocycles. The van der Waals surface area contributed by atoms with Crippen LogP contribution >= 0.6 is 0 Å². The van der Waals surface area contributed by atoms with Gasteiger partial charge in [0.25, 0.3) is 5.91 Å². The van der Waals surface area contributed by atoms with Crippen LogP contribution in [0.15, 0.2) is 49.2 Å². The van der Waals surface area contributed by atoms with Gasteiger partial charge in [0, 0.05) is 11.8 Å². The summed E-state index contributed by atoms with van der Waals surface area (Å²) in [4.78, 5) is 16.5. The van der Waals surface area contributed by atoms with Gasteiger partial charge in [-0.3, -0.25) is 9.36 Å². The average molecular weight is 351 g/mol. The van der Waals surface area contributed by atoms with Gasteiger partial charge >= 0.3 is 0 Å². The summed E-state index contributed by atoms with van der Waals surface area (Å²) in [5, 5.41) is 10.3. The van der Waals surface area contributed by atoms with Crippen LogP contribution in [0.25, 0.3) is 5.82 Å². The van der Waals surface area contributed by atoms with E-state index in [2.05, 4.69) is 33.5 Å². The molecule has 0 atom stereocenters. The number of amides is 1. The second-order valence-electron chi connectivity index (χ2n) is 5.88. The van der Waals surface area contributed by atoms with Crippen molar-refractivity contribution >= 4 is 5.91 Å². The van der Waals surface area contributed by atoms with E-state index < -0.39 is 0 Å². The summed E-state index contributed by atoms with van der Waals surface area (Å²) in [6, 6.07) is 9.52. The Bertz CT molecular complexity index is 877. The zero-order chi connectivity index (χ0) is 18.4. The molecule has 3 aromatic rings. The Morgan fingerprint density at radius 1 is 1.19 bits per heavy atom. The fourth-order valence-corrected chi connectivity index (χ4v) is 2.57. The number of ether oxygens (including phenoxy) is 1.